The van der Waals surface area contributed by atoms with Crippen molar-refractivity contribution in [1.82, 2.24) is 14.6 Å². The predicted octanol–water partition coefficient (Wildman–Crippen LogP) is 1.29. The van der Waals surface area contributed by atoms with Gasteiger partial charge in [-0.25, -0.2) is 9.50 Å². The normalized spacial score (nSPS) is 10.1. The molecular weight excluding hydrogens is 238 g/mol. The maximum Gasteiger partial charge on any atom is 0.156 e. The number of nitrogens with zero attached hydrogens (tertiary/aromatic N) is 3. The Morgan fingerprint density at radius 3 is 2.53 bits per heavy atom. The molecule has 0 atom stereocenters. The molecule has 3 rings (SSSR count). The van der Waals surface area contributed by atoms with Crippen molar-refractivity contribution in [3.63, 3.8) is 0 Å². The van der Waals surface area contributed by atoms with Crippen molar-refractivity contribution in [1.29, 1.82) is 0 Å². The Kier molecular flexibility index (Phi) is 2.54. The van der Waals surface area contributed by atoms with Gasteiger partial charge in [-0.05, 0) is 42.3 Å². The van der Waals surface area contributed by atoms with E-state index in [0.717, 1.165) is 11.3 Å². The number of benzene rings is 1. The monoisotopic (exact) mass is 249 g/mol. The molecule has 0 saturated carbocycles. The first-order valence-electron chi connectivity index (χ1n) is 5.70. The quantitative estimate of drug-likeness (QED) is 0.464. The molecule has 92 valence electrons. The second-order valence-electron chi connectivity index (χ2n) is 4.06. The fourth-order valence-electron chi connectivity index (χ4n) is 1.67. The second kappa shape index (κ2) is 4.35. The summed E-state index contributed by atoms with van der Waals surface area (Å²) < 4.78 is 1.61. The topological polar surface area (TPSA) is 82.2 Å². The molecular formula is C14H11N5. The first kappa shape index (κ1) is 11.1. The average molecular weight is 249 g/mol. The van der Waals surface area contributed by atoms with Crippen LogP contribution < -0.4 is 11.5 Å². The Bertz CT molecular complexity index is 790. The number of aromatic nitrogens is 3. The molecule has 2 heterocycles. The largest absolute Gasteiger partial charge is 0.399 e. The third kappa shape index (κ3) is 2.33. The summed E-state index contributed by atoms with van der Waals surface area (Å²) in [5, 5.41) is 4.30. The maximum absolute atomic E-state index is 5.62. The van der Waals surface area contributed by atoms with Crippen LogP contribution in [0.2, 0.25) is 0 Å². The van der Waals surface area contributed by atoms with Gasteiger partial charge >= 0.3 is 0 Å². The minimum absolute atomic E-state index is 0.441. The van der Waals surface area contributed by atoms with Gasteiger partial charge in [-0.2, -0.15) is 5.10 Å². The minimum Gasteiger partial charge on any atom is -0.399 e. The van der Waals surface area contributed by atoms with Gasteiger partial charge in [0.15, 0.2) is 5.65 Å². The van der Waals surface area contributed by atoms with Crippen LogP contribution >= 0.6 is 0 Å². The van der Waals surface area contributed by atoms with Crippen LogP contribution in [0, 0.1) is 11.8 Å². The van der Waals surface area contributed by atoms with Crippen molar-refractivity contribution < 1.29 is 0 Å². The molecule has 5 nitrogen and oxygen atoms in total. The third-order valence-corrected chi connectivity index (χ3v) is 2.58. The van der Waals surface area contributed by atoms with Crippen LogP contribution in [0.15, 0.2) is 42.6 Å². The zero-order chi connectivity index (χ0) is 13.2. The molecule has 19 heavy (non-hydrogen) atoms. The molecule has 0 bridgehead atoms. The Hall–Kier alpha value is -3.00. The number of hydrogen-bond acceptors (Lipinski definition) is 4. The number of anilines is 2. The van der Waals surface area contributed by atoms with Crippen LogP contribution in [-0.2, 0) is 0 Å². The summed E-state index contributed by atoms with van der Waals surface area (Å²) in [7, 11) is 0. The fraction of sp³-hybridized carbons (Fsp3) is 0. The number of hydrogen-bond donors (Lipinski definition) is 2. The molecule has 0 radical (unpaired) electrons. The number of fused-ring (bicyclic) bond motifs is 1. The molecule has 5 heteroatoms. The lowest BCUT2D eigenvalue weighted by molar-refractivity contribution is 0.924. The minimum atomic E-state index is 0.441. The summed E-state index contributed by atoms with van der Waals surface area (Å²) in [6, 6.07) is 11.0. The van der Waals surface area contributed by atoms with Gasteiger partial charge in [-0.1, -0.05) is 5.92 Å². The van der Waals surface area contributed by atoms with E-state index in [4.69, 9.17) is 11.5 Å². The summed E-state index contributed by atoms with van der Waals surface area (Å²) in [4.78, 5) is 4.10. The van der Waals surface area contributed by atoms with Gasteiger partial charge < -0.3 is 11.5 Å². The van der Waals surface area contributed by atoms with Gasteiger partial charge in [-0.3, -0.25) is 0 Å². The van der Waals surface area contributed by atoms with E-state index in [-0.39, 0.29) is 0 Å². The smallest absolute Gasteiger partial charge is 0.156 e. The summed E-state index contributed by atoms with van der Waals surface area (Å²) in [6.07, 6.45) is 1.66. The zero-order valence-corrected chi connectivity index (χ0v) is 10.0. The molecule has 2 aromatic heterocycles. The molecule has 0 spiro atoms. The van der Waals surface area contributed by atoms with Crippen LogP contribution in [0.5, 0.6) is 0 Å². The zero-order valence-electron chi connectivity index (χ0n) is 10.0. The molecule has 0 aliphatic rings. The third-order valence-electron chi connectivity index (χ3n) is 2.58. The van der Waals surface area contributed by atoms with E-state index in [9.17, 15) is 0 Å². The lowest BCUT2D eigenvalue weighted by Crippen LogP contribution is -1.93. The molecule has 0 aliphatic carbocycles. The maximum atomic E-state index is 5.62. The van der Waals surface area contributed by atoms with Gasteiger partial charge in [0, 0.05) is 11.3 Å². The molecule has 0 amide bonds. The molecule has 0 fully saturated rings. The van der Waals surface area contributed by atoms with E-state index in [2.05, 4.69) is 21.9 Å². The standard InChI is InChI=1S/C14H11N5/c15-11-4-1-10(2-5-11)3-6-12-7-8-14-17-13(16)9-19(14)18-12/h1-2,4-5,7-9H,15-16H2. The van der Waals surface area contributed by atoms with Crippen molar-refractivity contribution in [2.75, 3.05) is 11.5 Å². The van der Waals surface area contributed by atoms with Crippen molar-refractivity contribution in [3.8, 4) is 11.8 Å². The van der Waals surface area contributed by atoms with E-state index in [1.165, 1.54) is 0 Å². The molecule has 1 aromatic carbocycles. The SMILES string of the molecule is Nc1ccc(C#Cc2ccc3nc(N)cn3n2)cc1. The first-order valence-corrected chi connectivity index (χ1v) is 5.70. The van der Waals surface area contributed by atoms with Crippen LogP contribution in [0.1, 0.15) is 11.3 Å². The van der Waals surface area contributed by atoms with Gasteiger partial charge in [0.25, 0.3) is 0 Å². The highest BCUT2D eigenvalue weighted by Crippen LogP contribution is 2.06. The Balaban J connectivity index is 1.95. The summed E-state index contributed by atoms with van der Waals surface area (Å²) in [5.41, 5.74) is 14.2. The number of nitrogen functional groups attached to an aromatic ring is 2. The molecule has 3 aromatic rings. The lowest BCUT2D eigenvalue weighted by atomic mass is 10.2. The van der Waals surface area contributed by atoms with E-state index in [1.54, 1.807) is 10.7 Å². The van der Waals surface area contributed by atoms with E-state index in [1.807, 2.05) is 36.4 Å². The van der Waals surface area contributed by atoms with E-state index in [0.29, 0.717) is 17.2 Å². The molecule has 0 unspecified atom stereocenters. The second-order valence-corrected chi connectivity index (χ2v) is 4.06. The molecule has 0 saturated heterocycles. The van der Waals surface area contributed by atoms with Gasteiger partial charge in [-0.15, -0.1) is 0 Å². The molecule has 0 aliphatic heterocycles. The number of nitrogens with two attached hydrogens (primary N) is 2. The first-order chi connectivity index (χ1) is 9.20. The highest BCUT2D eigenvalue weighted by molar-refractivity contribution is 5.49. The van der Waals surface area contributed by atoms with Gasteiger partial charge in [0.2, 0.25) is 0 Å². The van der Waals surface area contributed by atoms with Crippen molar-refractivity contribution in [2.45, 2.75) is 0 Å². The summed E-state index contributed by atoms with van der Waals surface area (Å²) in [5.74, 6) is 6.46. The van der Waals surface area contributed by atoms with Crippen LogP contribution in [-0.4, -0.2) is 14.6 Å². The summed E-state index contributed by atoms with van der Waals surface area (Å²) >= 11 is 0. The van der Waals surface area contributed by atoms with Crippen molar-refractivity contribution in [3.05, 3.63) is 53.9 Å². The average Bonchev–Trinajstić information content (AvgIpc) is 2.77. The molecule has 4 N–H and O–H groups in total. The van der Waals surface area contributed by atoms with Crippen LogP contribution in [0.3, 0.4) is 0 Å². The van der Waals surface area contributed by atoms with E-state index < -0.39 is 0 Å². The van der Waals surface area contributed by atoms with Gasteiger partial charge in [0.05, 0.1) is 6.20 Å². The fourth-order valence-corrected chi connectivity index (χ4v) is 1.67. The summed E-state index contributed by atoms with van der Waals surface area (Å²) in [6.45, 7) is 0. The number of imidazole rings is 1. The van der Waals surface area contributed by atoms with Crippen molar-refractivity contribution in [2.24, 2.45) is 0 Å². The predicted molar refractivity (Wildman–Crippen MR) is 74.2 cm³/mol. The van der Waals surface area contributed by atoms with Crippen LogP contribution in [0.25, 0.3) is 5.65 Å². The lowest BCUT2D eigenvalue weighted by Gasteiger charge is -1.93. The van der Waals surface area contributed by atoms with Gasteiger partial charge in [0.1, 0.15) is 11.5 Å². The Morgan fingerprint density at radius 1 is 0.947 bits per heavy atom. The Labute approximate surface area is 109 Å². The highest BCUT2D eigenvalue weighted by atomic mass is 15.3. The van der Waals surface area contributed by atoms with Crippen molar-refractivity contribution >= 4 is 17.2 Å². The number of rotatable bonds is 0. The Morgan fingerprint density at radius 2 is 1.74 bits per heavy atom. The van der Waals surface area contributed by atoms with E-state index >= 15 is 0 Å². The van der Waals surface area contributed by atoms with Crippen LogP contribution in [0.4, 0.5) is 11.5 Å². The highest BCUT2D eigenvalue weighted by Gasteiger charge is 1.99.